The zero-order valence-corrected chi connectivity index (χ0v) is 48.7. The first-order valence-electron chi connectivity index (χ1n) is 33.1. The maximum Gasteiger partial charge on any atom is 0.0995 e. The third-order valence-corrected chi connectivity index (χ3v) is 25.2. The van der Waals surface area contributed by atoms with Crippen LogP contribution in [0.3, 0.4) is 0 Å². The van der Waals surface area contributed by atoms with Crippen molar-refractivity contribution in [3.05, 3.63) is 140 Å². The van der Waals surface area contributed by atoms with E-state index in [1.54, 1.807) is 33.4 Å². The second kappa shape index (κ2) is 16.5. The molecule has 0 amide bonds. The number of nitriles is 2. The van der Waals surface area contributed by atoms with Gasteiger partial charge in [0.2, 0.25) is 0 Å². The number of fused-ring (bicyclic) bond motifs is 34. The molecule has 8 aliphatic carbocycles. The van der Waals surface area contributed by atoms with Gasteiger partial charge >= 0.3 is 0 Å². The van der Waals surface area contributed by atoms with Crippen molar-refractivity contribution in [3.8, 4) is 34.4 Å². The number of benzene rings is 7. The monoisotopic (exact) mass is 1070 g/mol. The van der Waals surface area contributed by atoms with Crippen LogP contribution in [0.4, 0.5) is 0 Å². The molecule has 4 heterocycles. The Morgan fingerprint density at radius 1 is 0.451 bits per heavy atom. The van der Waals surface area contributed by atoms with E-state index in [0.29, 0.717) is 35.5 Å². The first kappa shape index (κ1) is 47.6. The van der Waals surface area contributed by atoms with Gasteiger partial charge in [-0.15, -0.1) is 0 Å². The standard InChI is InChI=1S/C78H74N4/c1-5-43-31-41-19-17-21-45(33-41)61-47(39-79)35-59-69(63(43)61)71-67-51-23-9-11-25-55(51)77(27-13-14-28-77)57(67)37-53-65-50(8-4)74-66(49(7-3)73(65)81(59)75(53)71)54-38-58-68(52-24-10-12-26-56(52)78(58)29-15-16-30-78)72-70-60(82(74)76(54)72)36-48(40-80)62-46-22-18-20-42(34-46)32-44(6-2)64(62)70/h9-12,23-26,35-38,41-46H,5-8,13-22,27-34H2,1-4H3. The Labute approximate surface area is 482 Å². The van der Waals surface area contributed by atoms with E-state index < -0.39 is 0 Å². The first-order chi connectivity index (χ1) is 40.4. The van der Waals surface area contributed by atoms with E-state index in [1.165, 1.54) is 236 Å². The van der Waals surface area contributed by atoms with Crippen molar-refractivity contribution in [1.82, 2.24) is 8.80 Å². The molecule has 6 atom stereocenters. The maximum absolute atomic E-state index is 11.7. The molecule has 6 unspecified atom stereocenters. The summed E-state index contributed by atoms with van der Waals surface area (Å²) in [6.45, 7) is 9.82. The van der Waals surface area contributed by atoms with Crippen LogP contribution in [-0.4, -0.2) is 8.80 Å². The van der Waals surface area contributed by atoms with Crippen LogP contribution in [0.2, 0.25) is 0 Å². The van der Waals surface area contributed by atoms with Crippen LogP contribution in [-0.2, 0) is 23.7 Å². The lowest BCUT2D eigenvalue weighted by molar-refractivity contribution is 0.302. The van der Waals surface area contributed by atoms with Crippen molar-refractivity contribution in [2.75, 3.05) is 0 Å². The van der Waals surface area contributed by atoms with E-state index in [-0.39, 0.29) is 10.8 Å². The van der Waals surface area contributed by atoms with Crippen LogP contribution in [0, 0.1) is 34.5 Å². The predicted octanol–water partition coefficient (Wildman–Crippen LogP) is 20.9. The molecule has 4 nitrogen and oxygen atoms in total. The minimum Gasteiger partial charge on any atom is -0.308 e. The molecule has 4 bridgehead atoms. The molecule has 82 heavy (non-hydrogen) atoms. The topological polar surface area (TPSA) is 56.4 Å². The molecule has 0 N–H and O–H groups in total. The molecule has 4 aromatic heterocycles. The summed E-state index contributed by atoms with van der Waals surface area (Å²) in [5.74, 6) is 3.13. The normalized spacial score (nSPS) is 24.6. The lowest BCUT2D eigenvalue weighted by Gasteiger charge is -2.28. The summed E-state index contributed by atoms with van der Waals surface area (Å²) in [6.07, 6.45) is 26.3. The summed E-state index contributed by atoms with van der Waals surface area (Å²) in [4.78, 5) is 0. The number of rotatable bonds is 4. The predicted molar refractivity (Wildman–Crippen MR) is 338 cm³/mol. The highest BCUT2D eigenvalue weighted by atomic mass is 15.0. The average molecular weight is 1070 g/mol. The summed E-state index contributed by atoms with van der Waals surface area (Å²) in [7, 11) is 0. The number of nitrogens with zero attached hydrogens (tertiary/aromatic N) is 4. The smallest absolute Gasteiger partial charge is 0.0995 e. The van der Waals surface area contributed by atoms with E-state index in [4.69, 9.17) is 0 Å². The Morgan fingerprint density at radius 2 is 0.878 bits per heavy atom. The molecule has 406 valence electrons. The zero-order valence-electron chi connectivity index (χ0n) is 48.7. The molecule has 0 aliphatic heterocycles. The van der Waals surface area contributed by atoms with Gasteiger partial charge in [-0.3, -0.25) is 0 Å². The summed E-state index contributed by atoms with van der Waals surface area (Å²) in [5, 5.41) is 35.0. The van der Waals surface area contributed by atoms with Gasteiger partial charge in [-0.25, -0.2) is 0 Å². The number of aromatic nitrogens is 2. The molecular formula is C78H74N4. The Kier molecular flexibility index (Phi) is 9.56. The number of aryl methyl sites for hydroxylation is 2. The summed E-state index contributed by atoms with van der Waals surface area (Å²) >= 11 is 0. The molecule has 0 radical (unpaired) electrons. The Bertz CT molecular complexity index is 4470. The van der Waals surface area contributed by atoms with Crippen LogP contribution in [0.25, 0.3) is 98.4 Å². The van der Waals surface area contributed by atoms with E-state index in [2.05, 4.69) is 121 Å². The quantitative estimate of drug-likeness (QED) is 0.176. The van der Waals surface area contributed by atoms with Gasteiger partial charge in [-0.05, 0) is 228 Å². The van der Waals surface area contributed by atoms with Crippen molar-refractivity contribution >= 4 is 76.2 Å². The van der Waals surface area contributed by atoms with E-state index >= 15 is 0 Å². The summed E-state index contributed by atoms with van der Waals surface area (Å²) in [5.41, 5.74) is 31.0. The molecule has 0 saturated heterocycles. The molecular weight excluding hydrogens is 993 g/mol. The molecule has 4 saturated carbocycles. The maximum atomic E-state index is 11.7. The molecule has 7 aromatic carbocycles. The first-order valence-corrected chi connectivity index (χ1v) is 33.1. The minimum atomic E-state index is -0.0134. The SMILES string of the molecule is CCc1c2c3cc4c(c5c6c7c(c(C#N)cc6n(c2c(CC)c2c6cc8c(c9c%10c%11c(c(C#N)cc%10n(c12)c69)C1CCCC(C1)CC%11CC)-c1ccccc1C81CCCC1)c35)C1CCCC(C1)CC7CC)-c1ccccc1C41CCCC1. The average Bonchev–Trinajstić information content (AvgIpc) is 1.64. The third kappa shape index (κ3) is 5.41. The number of hydrogen-bond acceptors (Lipinski definition) is 2. The van der Waals surface area contributed by atoms with Crippen molar-refractivity contribution < 1.29 is 0 Å². The van der Waals surface area contributed by atoms with Gasteiger partial charge in [0.25, 0.3) is 0 Å². The third-order valence-electron chi connectivity index (χ3n) is 25.2. The van der Waals surface area contributed by atoms with Gasteiger partial charge in [0, 0.05) is 53.9 Å². The Balaban J connectivity index is 1.07. The Hall–Kier alpha value is -6.88. The van der Waals surface area contributed by atoms with Gasteiger partial charge < -0.3 is 8.80 Å². The second-order valence-corrected chi connectivity index (χ2v) is 28.2. The molecule has 4 fully saturated rings. The fraction of sp³-hybridized carbons (Fsp3) is 0.436. The largest absolute Gasteiger partial charge is 0.308 e. The highest BCUT2D eigenvalue weighted by Crippen LogP contribution is 2.66. The summed E-state index contributed by atoms with van der Waals surface area (Å²) in [6, 6.07) is 35.7. The molecule has 11 aromatic rings. The van der Waals surface area contributed by atoms with Gasteiger partial charge in [0.05, 0.1) is 56.4 Å². The fourth-order valence-corrected chi connectivity index (χ4v) is 22.4. The zero-order chi connectivity index (χ0) is 54.4. The van der Waals surface area contributed by atoms with Crippen LogP contribution in [0.1, 0.15) is 247 Å². The number of hydrogen-bond donors (Lipinski definition) is 0. The van der Waals surface area contributed by atoms with Crippen molar-refractivity contribution in [2.24, 2.45) is 11.8 Å². The van der Waals surface area contributed by atoms with Crippen molar-refractivity contribution in [1.29, 1.82) is 10.5 Å². The highest BCUT2D eigenvalue weighted by Gasteiger charge is 2.50. The highest BCUT2D eigenvalue weighted by molar-refractivity contribution is 6.35. The van der Waals surface area contributed by atoms with Gasteiger partial charge in [-0.1, -0.05) is 128 Å². The van der Waals surface area contributed by atoms with E-state index in [9.17, 15) is 10.5 Å². The minimum absolute atomic E-state index is 0.0134. The van der Waals surface area contributed by atoms with Crippen molar-refractivity contribution in [3.63, 3.8) is 0 Å². The van der Waals surface area contributed by atoms with Crippen LogP contribution in [0.15, 0.2) is 72.8 Å². The molecule has 4 heteroatoms. The lowest BCUT2D eigenvalue weighted by atomic mass is 9.75. The Morgan fingerprint density at radius 3 is 1.28 bits per heavy atom. The van der Waals surface area contributed by atoms with Crippen LogP contribution >= 0.6 is 0 Å². The fourth-order valence-electron chi connectivity index (χ4n) is 22.4. The van der Waals surface area contributed by atoms with E-state index in [1.807, 2.05) is 0 Å². The van der Waals surface area contributed by atoms with Crippen LogP contribution in [0.5, 0.6) is 0 Å². The van der Waals surface area contributed by atoms with E-state index in [0.717, 1.165) is 36.8 Å². The van der Waals surface area contributed by atoms with Gasteiger partial charge in [0.15, 0.2) is 0 Å². The van der Waals surface area contributed by atoms with Crippen molar-refractivity contribution in [2.45, 2.75) is 203 Å². The summed E-state index contributed by atoms with van der Waals surface area (Å²) < 4.78 is 5.62. The van der Waals surface area contributed by atoms with Gasteiger partial charge in [-0.2, -0.15) is 10.5 Å². The molecule has 19 rings (SSSR count). The lowest BCUT2D eigenvalue weighted by Crippen LogP contribution is -2.20. The second-order valence-electron chi connectivity index (χ2n) is 28.2. The van der Waals surface area contributed by atoms with Gasteiger partial charge in [0.1, 0.15) is 0 Å². The molecule has 2 spiro atoms. The molecule has 8 aliphatic rings. The van der Waals surface area contributed by atoms with Crippen LogP contribution < -0.4 is 0 Å².